The van der Waals surface area contributed by atoms with Crippen molar-refractivity contribution < 1.29 is 9.47 Å². The van der Waals surface area contributed by atoms with E-state index in [1.807, 2.05) is 6.92 Å². The first-order valence-electron chi connectivity index (χ1n) is 7.20. The van der Waals surface area contributed by atoms with Crippen LogP contribution < -0.4 is 4.74 Å². The Morgan fingerprint density at radius 3 is 3.05 bits per heavy atom. The molecule has 0 saturated heterocycles. The Balaban J connectivity index is 1.93. The summed E-state index contributed by atoms with van der Waals surface area (Å²) in [6, 6.07) is 6.54. The zero-order chi connectivity index (χ0) is 13.5. The van der Waals surface area contributed by atoms with Gasteiger partial charge in [0, 0.05) is 11.3 Å². The fraction of sp³-hybridized carbons (Fsp3) is 0.529. The molecule has 2 atom stereocenters. The highest BCUT2D eigenvalue weighted by Gasteiger charge is 2.58. The van der Waals surface area contributed by atoms with E-state index in [9.17, 15) is 0 Å². The van der Waals surface area contributed by atoms with Crippen molar-refractivity contribution in [1.82, 2.24) is 0 Å². The van der Waals surface area contributed by atoms with Crippen molar-refractivity contribution in [3.05, 3.63) is 41.7 Å². The minimum atomic E-state index is 0.286. The number of benzene rings is 1. The van der Waals surface area contributed by atoms with Crippen LogP contribution in [0.3, 0.4) is 0 Å². The van der Waals surface area contributed by atoms with E-state index in [-0.39, 0.29) is 5.41 Å². The van der Waals surface area contributed by atoms with E-state index >= 15 is 0 Å². The highest BCUT2D eigenvalue weighted by atomic mass is 16.5. The molecule has 0 radical (unpaired) electrons. The van der Waals surface area contributed by atoms with Crippen LogP contribution in [0.2, 0.25) is 0 Å². The molecule has 1 saturated carbocycles. The lowest BCUT2D eigenvalue weighted by molar-refractivity contribution is 0.207. The number of rotatable bonds is 4. The van der Waals surface area contributed by atoms with E-state index in [1.54, 1.807) is 7.11 Å². The zero-order valence-electron chi connectivity index (χ0n) is 11.9. The Hall–Kier alpha value is -1.44. The molecule has 0 bridgehead atoms. The lowest BCUT2D eigenvalue weighted by Gasteiger charge is -2.27. The van der Waals surface area contributed by atoms with E-state index in [0.717, 1.165) is 18.1 Å². The van der Waals surface area contributed by atoms with Crippen molar-refractivity contribution in [3.8, 4) is 5.75 Å². The van der Waals surface area contributed by atoms with Crippen molar-refractivity contribution in [2.24, 2.45) is 5.92 Å². The van der Waals surface area contributed by atoms with Crippen LogP contribution in [0.4, 0.5) is 0 Å². The molecule has 2 nitrogen and oxygen atoms in total. The summed E-state index contributed by atoms with van der Waals surface area (Å²) in [5.74, 6) is 2.43. The fourth-order valence-electron chi connectivity index (χ4n) is 3.68. The molecule has 0 amide bonds. The summed E-state index contributed by atoms with van der Waals surface area (Å²) in [5.41, 5.74) is 3.25. The Labute approximate surface area is 115 Å². The van der Waals surface area contributed by atoms with Gasteiger partial charge in [0.1, 0.15) is 5.75 Å². The highest BCUT2D eigenvalue weighted by molar-refractivity contribution is 5.48. The summed E-state index contributed by atoms with van der Waals surface area (Å²) >= 11 is 0. The van der Waals surface area contributed by atoms with Crippen molar-refractivity contribution in [1.29, 1.82) is 0 Å². The lowest BCUT2D eigenvalue weighted by Crippen LogP contribution is -2.19. The third-order valence-corrected chi connectivity index (χ3v) is 4.72. The smallest absolute Gasteiger partial charge is 0.119 e. The second-order valence-electron chi connectivity index (χ2n) is 5.69. The van der Waals surface area contributed by atoms with Gasteiger partial charge in [-0.2, -0.15) is 0 Å². The monoisotopic (exact) mass is 258 g/mol. The number of methoxy groups -OCH3 is 1. The van der Waals surface area contributed by atoms with E-state index in [0.29, 0.717) is 5.92 Å². The average molecular weight is 258 g/mol. The van der Waals surface area contributed by atoms with Gasteiger partial charge in [-0.05, 0) is 55.9 Å². The van der Waals surface area contributed by atoms with Gasteiger partial charge >= 0.3 is 0 Å². The molecule has 0 aromatic heterocycles. The van der Waals surface area contributed by atoms with Crippen molar-refractivity contribution >= 4 is 0 Å². The molecule has 2 aliphatic rings. The van der Waals surface area contributed by atoms with E-state index < -0.39 is 0 Å². The van der Waals surface area contributed by atoms with Crippen molar-refractivity contribution in [2.75, 3.05) is 13.7 Å². The normalized spacial score (nSPS) is 27.8. The molecule has 1 aromatic rings. The van der Waals surface area contributed by atoms with Crippen LogP contribution >= 0.6 is 0 Å². The molecule has 102 valence electrons. The van der Waals surface area contributed by atoms with Crippen LogP contribution in [0.5, 0.6) is 5.75 Å². The van der Waals surface area contributed by atoms with Gasteiger partial charge in [0.2, 0.25) is 0 Å². The topological polar surface area (TPSA) is 18.5 Å². The van der Waals surface area contributed by atoms with Gasteiger partial charge in [-0.25, -0.2) is 0 Å². The number of hydrogen-bond donors (Lipinski definition) is 0. The molecule has 19 heavy (non-hydrogen) atoms. The Kier molecular flexibility index (Phi) is 3.04. The van der Waals surface area contributed by atoms with Crippen LogP contribution in [0.15, 0.2) is 30.5 Å². The van der Waals surface area contributed by atoms with Crippen LogP contribution in [0, 0.1) is 5.92 Å². The predicted octanol–water partition coefficient (Wildman–Crippen LogP) is 3.84. The highest BCUT2D eigenvalue weighted by Crippen LogP contribution is 2.63. The van der Waals surface area contributed by atoms with Gasteiger partial charge in [0.05, 0.1) is 19.5 Å². The molecule has 0 aliphatic heterocycles. The molecule has 2 unspecified atom stereocenters. The summed E-state index contributed by atoms with van der Waals surface area (Å²) in [6.07, 6.45) is 4.90. The SMILES string of the molecule is C=C(OCC)C1CC12CCCc1ccc(OC)cc12. The summed E-state index contributed by atoms with van der Waals surface area (Å²) in [5, 5.41) is 0. The van der Waals surface area contributed by atoms with Gasteiger partial charge in [0.15, 0.2) is 0 Å². The maximum Gasteiger partial charge on any atom is 0.119 e. The van der Waals surface area contributed by atoms with Crippen molar-refractivity contribution in [3.63, 3.8) is 0 Å². The molecule has 3 rings (SSSR count). The minimum absolute atomic E-state index is 0.286. The summed E-state index contributed by atoms with van der Waals surface area (Å²) in [7, 11) is 1.74. The van der Waals surface area contributed by atoms with Crippen molar-refractivity contribution in [2.45, 2.75) is 38.0 Å². The van der Waals surface area contributed by atoms with Crippen LogP contribution in [-0.4, -0.2) is 13.7 Å². The first-order valence-corrected chi connectivity index (χ1v) is 7.20. The zero-order valence-corrected chi connectivity index (χ0v) is 11.9. The van der Waals surface area contributed by atoms with Crippen LogP contribution in [0.1, 0.15) is 37.3 Å². The van der Waals surface area contributed by atoms with Gasteiger partial charge in [-0.3, -0.25) is 0 Å². The summed E-state index contributed by atoms with van der Waals surface area (Å²) < 4.78 is 11.0. The first kappa shape index (κ1) is 12.6. The minimum Gasteiger partial charge on any atom is -0.499 e. The molecule has 2 heteroatoms. The molecule has 1 spiro atoms. The van der Waals surface area contributed by atoms with Crippen LogP contribution in [-0.2, 0) is 16.6 Å². The fourth-order valence-corrected chi connectivity index (χ4v) is 3.68. The number of hydrogen-bond acceptors (Lipinski definition) is 2. The Morgan fingerprint density at radius 1 is 1.47 bits per heavy atom. The van der Waals surface area contributed by atoms with Gasteiger partial charge in [0.25, 0.3) is 0 Å². The number of allylic oxidation sites excluding steroid dienone is 1. The standard InChI is InChI=1S/C17H22O2/c1-4-19-12(2)16-11-17(16)9-5-6-13-7-8-14(18-3)10-15(13)17/h7-8,10,16H,2,4-6,9,11H2,1,3H3. The predicted molar refractivity (Wildman–Crippen MR) is 76.5 cm³/mol. The molecule has 0 N–H and O–H groups in total. The Morgan fingerprint density at radius 2 is 2.32 bits per heavy atom. The first-order chi connectivity index (χ1) is 9.21. The summed E-state index contributed by atoms with van der Waals surface area (Å²) in [6.45, 7) is 6.86. The molecular formula is C17H22O2. The summed E-state index contributed by atoms with van der Waals surface area (Å²) in [4.78, 5) is 0. The lowest BCUT2D eigenvalue weighted by atomic mass is 9.78. The maximum absolute atomic E-state index is 5.64. The molecule has 0 heterocycles. The number of fused-ring (bicyclic) bond motifs is 2. The molecule has 2 aliphatic carbocycles. The number of ether oxygens (including phenoxy) is 2. The van der Waals surface area contributed by atoms with E-state index in [2.05, 4.69) is 24.8 Å². The largest absolute Gasteiger partial charge is 0.499 e. The third-order valence-electron chi connectivity index (χ3n) is 4.72. The molecule has 1 aromatic carbocycles. The van der Waals surface area contributed by atoms with Gasteiger partial charge in [-0.1, -0.05) is 12.6 Å². The average Bonchev–Trinajstić information content (AvgIpc) is 3.14. The third kappa shape index (κ3) is 1.94. The molecule has 1 fully saturated rings. The maximum atomic E-state index is 5.64. The van der Waals surface area contributed by atoms with Crippen LogP contribution in [0.25, 0.3) is 0 Å². The Bertz CT molecular complexity index is 506. The number of aryl methyl sites for hydroxylation is 1. The van der Waals surface area contributed by atoms with Gasteiger partial charge in [-0.15, -0.1) is 0 Å². The second kappa shape index (κ2) is 4.59. The second-order valence-corrected chi connectivity index (χ2v) is 5.69. The van der Waals surface area contributed by atoms with Gasteiger partial charge < -0.3 is 9.47 Å². The van der Waals surface area contributed by atoms with E-state index in [4.69, 9.17) is 9.47 Å². The van der Waals surface area contributed by atoms with E-state index in [1.165, 1.54) is 36.8 Å². The molecular weight excluding hydrogens is 236 g/mol. The quantitative estimate of drug-likeness (QED) is 0.764.